The molecule has 2 atom stereocenters. The molecule has 0 amide bonds. The summed E-state index contributed by atoms with van der Waals surface area (Å²) in [4.78, 5) is 5.32. The molecule has 2 heteroatoms. The van der Waals surface area contributed by atoms with E-state index in [0.717, 1.165) is 0 Å². The van der Waals surface area contributed by atoms with E-state index < -0.39 is 0 Å². The summed E-state index contributed by atoms with van der Waals surface area (Å²) in [6, 6.07) is 1.21. The van der Waals surface area contributed by atoms with Gasteiger partial charge in [0.2, 0.25) is 0 Å². The quantitative estimate of drug-likeness (QED) is 0.658. The van der Waals surface area contributed by atoms with Gasteiger partial charge in [0.05, 0.1) is 0 Å². The monoisotopic (exact) mass is 268 g/mol. The molecule has 0 aliphatic carbocycles. The summed E-state index contributed by atoms with van der Waals surface area (Å²) in [6.45, 7) is 23.8. The molecule has 114 valence electrons. The Morgan fingerprint density at radius 1 is 0.684 bits per heavy atom. The first-order valence-corrected chi connectivity index (χ1v) is 7.71. The Morgan fingerprint density at radius 3 is 1.21 bits per heavy atom. The third-order valence-corrected chi connectivity index (χ3v) is 4.41. The maximum atomic E-state index is 2.80. The van der Waals surface area contributed by atoms with Crippen LogP contribution < -0.4 is 0 Å². The van der Waals surface area contributed by atoms with Crippen molar-refractivity contribution in [2.45, 2.75) is 79.9 Å². The minimum Gasteiger partial charge on any atom is -0.303 e. The first-order valence-electron chi connectivity index (χ1n) is 7.71. The van der Waals surface area contributed by atoms with E-state index in [0.29, 0.717) is 22.9 Å². The van der Waals surface area contributed by atoms with Crippen molar-refractivity contribution in [3.05, 3.63) is 0 Å². The van der Waals surface area contributed by atoms with Crippen LogP contribution in [0.3, 0.4) is 0 Å². The molecule has 1 heterocycles. The molecule has 0 aromatic carbocycles. The highest BCUT2D eigenvalue weighted by atomic mass is 15.3. The van der Waals surface area contributed by atoms with Crippen molar-refractivity contribution in [3.63, 3.8) is 0 Å². The molecule has 2 unspecified atom stereocenters. The molecule has 1 aliphatic heterocycles. The molecular formula is C17H36N2. The van der Waals surface area contributed by atoms with Crippen molar-refractivity contribution >= 4 is 0 Å². The molecule has 1 aliphatic rings. The predicted octanol–water partition coefficient (Wildman–Crippen LogP) is 3.86. The maximum absolute atomic E-state index is 2.80. The lowest BCUT2D eigenvalue weighted by Crippen LogP contribution is -2.69. The SMILES string of the molecule is CN1CC(C(C)(C)C)N(C(C)(C)C)C(C(C)(C)C)C1. The predicted molar refractivity (Wildman–Crippen MR) is 85.6 cm³/mol. The number of hydrogen-bond acceptors (Lipinski definition) is 2. The molecule has 1 saturated heterocycles. The molecular weight excluding hydrogens is 232 g/mol. The van der Waals surface area contributed by atoms with Crippen molar-refractivity contribution in [2.24, 2.45) is 10.8 Å². The fraction of sp³-hybridized carbons (Fsp3) is 1.00. The minimum absolute atomic E-state index is 0.219. The highest BCUT2D eigenvalue weighted by Crippen LogP contribution is 2.40. The van der Waals surface area contributed by atoms with Gasteiger partial charge in [0.25, 0.3) is 0 Å². The largest absolute Gasteiger partial charge is 0.303 e. The Hall–Kier alpha value is -0.0800. The zero-order valence-corrected chi connectivity index (χ0v) is 15.0. The second-order valence-electron chi connectivity index (χ2n) is 9.56. The van der Waals surface area contributed by atoms with Crippen molar-refractivity contribution in [2.75, 3.05) is 20.1 Å². The van der Waals surface area contributed by atoms with Crippen LogP contribution in [-0.4, -0.2) is 47.6 Å². The van der Waals surface area contributed by atoms with E-state index in [2.05, 4.69) is 79.2 Å². The Balaban J connectivity index is 3.23. The third kappa shape index (κ3) is 3.95. The topological polar surface area (TPSA) is 6.48 Å². The fourth-order valence-corrected chi connectivity index (χ4v) is 3.38. The Morgan fingerprint density at radius 2 is 1.00 bits per heavy atom. The third-order valence-electron chi connectivity index (χ3n) is 4.41. The Kier molecular flexibility index (Phi) is 4.50. The van der Waals surface area contributed by atoms with Gasteiger partial charge in [-0.25, -0.2) is 0 Å². The van der Waals surface area contributed by atoms with Gasteiger partial charge >= 0.3 is 0 Å². The molecule has 0 N–H and O–H groups in total. The number of nitrogens with zero attached hydrogens (tertiary/aromatic N) is 2. The lowest BCUT2D eigenvalue weighted by atomic mass is 9.75. The minimum atomic E-state index is 0.219. The van der Waals surface area contributed by atoms with E-state index in [9.17, 15) is 0 Å². The molecule has 0 saturated carbocycles. The van der Waals surface area contributed by atoms with E-state index in [1.54, 1.807) is 0 Å². The van der Waals surface area contributed by atoms with Crippen LogP contribution in [0.5, 0.6) is 0 Å². The van der Waals surface area contributed by atoms with Gasteiger partial charge < -0.3 is 4.90 Å². The van der Waals surface area contributed by atoms with Gasteiger partial charge in [-0.05, 0) is 38.6 Å². The summed E-state index contributed by atoms with van der Waals surface area (Å²) in [5.74, 6) is 0. The van der Waals surface area contributed by atoms with Crippen LogP contribution in [0.2, 0.25) is 0 Å². The number of hydrogen-bond donors (Lipinski definition) is 0. The van der Waals surface area contributed by atoms with Crippen LogP contribution in [0.25, 0.3) is 0 Å². The van der Waals surface area contributed by atoms with Crippen LogP contribution in [0.4, 0.5) is 0 Å². The highest BCUT2D eigenvalue weighted by Gasteiger charge is 2.47. The van der Waals surface area contributed by atoms with E-state index in [1.165, 1.54) is 13.1 Å². The van der Waals surface area contributed by atoms with Crippen LogP contribution in [0.1, 0.15) is 62.3 Å². The van der Waals surface area contributed by atoms with Gasteiger partial charge in [-0.2, -0.15) is 0 Å². The Bertz CT molecular complexity index is 277. The number of rotatable bonds is 0. The molecule has 0 bridgehead atoms. The smallest absolute Gasteiger partial charge is 0.0280 e. The first kappa shape index (κ1) is 17.0. The summed E-state index contributed by atoms with van der Waals surface area (Å²) in [5, 5.41) is 0. The van der Waals surface area contributed by atoms with Crippen LogP contribution in [0.15, 0.2) is 0 Å². The van der Waals surface area contributed by atoms with Crippen molar-refractivity contribution < 1.29 is 0 Å². The summed E-state index contributed by atoms with van der Waals surface area (Å²) in [7, 11) is 2.28. The molecule has 19 heavy (non-hydrogen) atoms. The van der Waals surface area contributed by atoms with E-state index in [1.807, 2.05) is 0 Å². The molecule has 0 aromatic rings. The average Bonchev–Trinajstić information content (AvgIpc) is 2.11. The summed E-state index contributed by atoms with van der Waals surface area (Å²) in [6.07, 6.45) is 0. The number of piperazine rings is 1. The highest BCUT2D eigenvalue weighted by molar-refractivity contribution is 5.02. The van der Waals surface area contributed by atoms with Gasteiger partial charge in [-0.15, -0.1) is 0 Å². The first-order chi connectivity index (χ1) is 8.24. The maximum Gasteiger partial charge on any atom is 0.0280 e. The van der Waals surface area contributed by atoms with E-state index in [-0.39, 0.29) is 5.54 Å². The summed E-state index contributed by atoms with van der Waals surface area (Å²) >= 11 is 0. The fourth-order valence-electron chi connectivity index (χ4n) is 3.38. The lowest BCUT2D eigenvalue weighted by molar-refractivity contribution is -0.101. The molecule has 0 aromatic heterocycles. The normalized spacial score (nSPS) is 28.7. The van der Waals surface area contributed by atoms with Gasteiger partial charge in [-0.3, -0.25) is 4.90 Å². The zero-order valence-electron chi connectivity index (χ0n) is 15.0. The summed E-state index contributed by atoms with van der Waals surface area (Å²) in [5.41, 5.74) is 0.841. The van der Waals surface area contributed by atoms with Crippen LogP contribution >= 0.6 is 0 Å². The van der Waals surface area contributed by atoms with Gasteiger partial charge in [0.15, 0.2) is 0 Å². The van der Waals surface area contributed by atoms with Crippen molar-refractivity contribution in [1.29, 1.82) is 0 Å². The van der Waals surface area contributed by atoms with Gasteiger partial charge in [0, 0.05) is 30.7 Å². The number of likely N-dealkylation sites (N-methyl/N-ethyl adjacent to an activating group) is 1. The zero-order chi connectivity index (χ0) is 15.2. The van der Waals surface area contributed by atoms with E-state index >= 15 is 0 Å². The molecule has 1 rings (SSSR count). The summed E-state index contributed by atoms with van der Waals surface area (Å²) < 4.78 is 0. The lowest BCUT2D eigenvalue weighted by Gasteiger charge is -2.59. The van der Waals surface area contributed by atoms with Crippen LogP contribution in [-0.2, 0) is 0 Å². The van der Waals surface area contributed by atoms with Crippen molar-refractivity contribution in [3.8, 4) is 0 Å². The second-order valence-corrected chi connectivity index (χ2v) is 9.56. The Labute approximate surface area is 121 Å². The van der Waals surface area contributed by atoms with Gasteiger partial charge in [-0.1, -0.05) is 41.5 Å². The molecule has 1 fully saturated rings. The van der Waals surface area contributed by atoms with Gasteiger partial charge in [0.1, 0.15) is 0 Å². The molecule has 2 nitrogen and oxygen atoms in total. The van der Waals surface area contributed by atoms with Crippen molar-refractivity contribution in [1.82, 2.24) is 9.80 Å². The molecule has 0 spiro atoms. The average molecular weight is 268 g/mol. The van der Waals surface area contributed by atoms with Crippen LogP contribution in [0, 0.1) is 10.8 Å². The van der Waals surface area contributed by atoms with E-state index in [4.69, 9.17) is 0 Å². The molecule has 0 radical (unpaired) electrons. The standard InChI is InChI=1S/C17H36N2/c1-15(2,3)13-11-18(10)12-14(16(4,5)6)19(13)17(7,8)9/h13-14H,11-12H2,1-10H3. The second kappa shape index (κ2) is 5.04.